The lowest BCUT2D eigenvalue weighted by atomic mass is 10.2. The van der Waals surface area contributed by atoms with Gasteiger partial charge in [-0.2, -0.15) is 0 Å². The normalized spacial score (nSPS) is 14.8. The molecule has 1 aliphatic rings. The smallest absolute Gasteiger partial charge is 0.270 e. The van der Waals surface area contributed by atoms with Crippen molar-refractivity contribution in [1.29, 1.82) is 0 Å². The topological polar surface area (TPSA) is 61.4 Å². The molecule has 0 aromatic carbocycles. The summed E-state index contributed by atoms with van der Waals surface area (Å²) in [7, 11) is 0. The summed E-state index contributed by atoms with van der Waals surface area (Å²) in [4.78, 5) is 25.3. The van der Waals surface area contributed by atoms with E-state index in [9.17, 15) is 4.79 Å². The molecule has 3 heterocycles. The van der Waals surface area contributed by atoms with Crippen LogP contribution in [0.3, 0.4) is 0 Å². The van der Waals surface area contributed by atoms with Crippen LogP contribution < -0.4 is 15.1 Å². The molecule has 0 saturated carbocycles. The first kappa shape index (κ1) is 16.2. The van der Waals surface area contributed by atoms with E-state index in [0.717, 1.165) is 37.7 Å². The van der Waals surface area contributed by atoms with Crippen molar-refractivity contribution in [1.82, 2.24) is 15.3 Å². The van der Waals surface area contributed by atoms with E-state index < -0.39 is 0 Å². The Morgan fingerprint density at radius 1 is 1.04 bits per heavy atom. The molecule has 0 radical (unpaired) electrons. The van der Waals surface area contributed by atoms with Gasteiger partial charge in [0.15, 0.2) is 0 Å². The van der Waals surface area contributed by atoms with E-state index >= 15 is 0 Å². The van der Waals surface area contributed by atoms with Gasteiger partial charge in [0.25, 0.3) is 5.91 Å². The molecule has 0 unspecified atom stereocenters. The molecule has 2 aromatic heterocycles. The minimum atomic E-state index is -0.126. The van der Waals surface area contributed by atoms with E-state index in [4.69, 9.17) is 0 Å². The maximum Gasteiger partial charge on any atom is 0.270 e. The number of pyridine rings is 2. The van der Waals surface area contributed by atoms with Crippen LogP contribution in [0.1, 0.15) is 24.3 Å². The van der Waals surface area contributed by atoms with Gasteiger partial charge in [0.1, 0.15) is 11.5 Å². The Hall–Kier alpha value is -2.63. The van der Waals surface area contributed by atoms with Crippen LogP contribution >= 0.6 is 0 Å². The van der Waals surface area contributed by atoms with Gasteiger partial charge in [-0.15, -0.1) is 0 Å². The zero-order valence-electron chi connectivity index (χ0n) is 14.1. The summed E-state index contributed by atoms with van der Waals surface area (Å²) in [5, 5.41) is 2.88. The Kier molecular flexibility index (Phi) is 4.93. The van der Waals surface area contributed by atoms with E-state index in [1.54, 1.807) is 6.20 Å². The van der Waals surface area contributed by atoms with Crippen LogP contribution in [0.25, 0.3) is 0 Å². The SMILES string of the molecule is CC(C)NC(=O)c1cc(N2CCN(c3ccccn3)CC2)ccn1. The zero-order valence-corrected chi connectivity index (χ0v) is 14.1. The summed E-state index contributed by atoms with van der Waals surface area (Å²) < 4.78 is 0. The van der Waals surface area contributed by atoms with Gasteiger partial charge in [0.2, 0.25) is 0 Å². The van der Waals surface area contributed by atoms with Crippen LogP contribution in [0.4, 0.5) is 11.5 Å². The van der Waals surface area contributed by atoms with Gasteiger partial charge in [-0.25, -0.2) is 4.98 Å². The molecule has 3 rings (SSSR count). The average molecular weight is 325 g/mol. The molecule has 24 heavy (non-hydrogen) atoms. The van der Waals surface area contributed by atoms with Crippen molar-refractivity contribution < 1.29 is 4.79 Å². The van der Waals surface area contributed by atoms with Gasteiger partial charge >= 0.3 is 0 Å². The standard InChI is InChI=1S/C18H23N5O/c1-14(2)21-18(24)16-13-15(6-8-19-16)22-9-11-23(12-10-22)17-5-3-4-7-20-17/h3-8,13-14H,9-12H2,1-2H3,(H,21,24). The highest BCUT2D eigenvalue weighted by Gasteiger charge is 2.19. The summed E-state index contributed by atoms with van der Waals surface area (Å²) in [5.41, 5.74) is 1.51. The van der Waals surface area contributed by atoms with E-state index in [2.05, 4.69) is 25.1 Å². The van der Waals surface area contributed by atoms with Crippen molar-refractivity contribution in [3.05, 3.63) is 48.4 Å². The van der Waals surface area contributed by atoms with Crippen molar-refractivity contribution in [2.24, 2.45) is 0 Å². The van der Waals surface area contributed by atoms with Crippen molar-refractivity contribution in [3.63, 3.8) is 0 Å². The molecule has 6 nitrogen and oxygen atoms in total. The highest BCUT2D eigenvalue weighted by atomic mass is 16.1. The molecule has 1 aliphatic heterocycles. The Bertz CT molecular complexity index is 681. The molecule has 0 spiro atoms. The number of nitrogens with zero attached hydrogens (tertiary/aromatic N) is 4. The monoisotopic (exact) mass is 325 g/mol. The molecule has 6 heteroatoms. The second-order valence-corrected chi connectivity index (χ2v) is 6.19. The van der Waals surface area contributed by atoms with Gasteiger partial charge in [-0.05, 0) is 38.1 Å². The van der Waals surface area contributed by atoms with Gasteiger partial charge in [0.05, 0.1) is 0 Å². The van der Waals surface area contributed by atoms with E-state index in [-0.39, 0.29) is 11.9 Å². The summed E-state index contributed by atoms with van der Waals surface area (Å²) in [6.45, 7) is 7.49. The third-order valence-corrected chi connectivity index (χ3v) is 4.01. The first-order valence-electron chi connectivity index (χ1n) is 8.31. The first-order chi connectivity index (χ1) is 11.6. The highest BCUT2D eigenvalue weighted by molar-refractivity contribution is 5.93. The van der Waals surface area contributed by atoms with E-state index in [1.807, 2.05) is 50.4 Å². The van der Waals surface area contributed by atoms with Crippen molar-refractivity contribution in [3.8, 4) is 0 Å². The Balaban J connectivity index is 1.65. The third-order valence-electron chi connectivity index (χ3n) is 4.01. The number of piperazine rings is 1. The van der Waals surface area contributed by atoms with Crippen molar-refractivity contribution in [2.75, 3.05) is 36.0 Å². The molecule has 1 amide bonds. The fourth-order valence-electron chi connectivity index (χ4n) is 2.81. The maximum atomic E-state index is 12.1. The van der Waals surface area contributed by atoms with Crippen molar-refractivity contribution >= 4 is 17.4 Å². The number of carbonyl (C=O) groups excluding carboxylic acids is 1. The summed E-state index contributed by atoms with van der Waals surface area (Å²) >= 11 is 0. The predicted octanol–water partition coefficient (Wildman–Crippen LogP) is 1.94. The molecule has 2 aromatic rings. The van der Waals surface area contributed by atoms with Crippen LogP contribution in [-0.2, 0) is 0 Å². The van der Waals surface area contributed by atoms with Crippen LogP contribution in [0.5, 0.6) is 0 Å². The van der Waals surface area contributed by atoms with Gasteiger partial charge in [-0.1, -0.05) is 6.07 Å². The highest BCUT2D eigenvalue weighted by Crippen LogP contribution is 2.19. The molecule has 1 fully saturated rings. The number of rotatable bonds is 4. The van der Waals surface area contributed by atoms with Crippen LogP contribution in [-0.4, -0.2) is 48.1 Å². The summed E-state index contributed by atoms with van der Waals surface area (Å²) in [6, 6.07) is 9.91. The lowest BCUT2D eigenvalue weighted by Gasteiger charge is -2.36. The number of amides is 1. The number of carbonyl (C=O) groups is 1. The summed E-state index contributed by atoms with van der Waals surface area (Å²) in [5.74, 6) is 0.892. The minimum absolute atomic E-state index is 0.102. The molecule has 1 saturated heterocycles. The fraction of sp³-hybridized carbons (Fsp3) is 0.389. The lowest BCUT2D eigenvalue weighted by molar-refractivity contribution is 0.0938. The third kappa shape index (κ3) is 3.82. The molecule has 126 valence electrons. The molecule has 0 aliphatic carbocycles. The molecular weight excluding hydrogens is 302 g/mol. The Morgan fingerprint density at radius 3 is 2.46 bits per heavy atom. The second kappa shape index (κ2) is 7.29. The van der Waals surface area contributed by atoms with E-state index in [1.165, 1.54) is 0 Å². The van der Waals surface area contributed by atoms with Crippen LogP contribution in [0, 0.1) is 0 Å². The second-order valence-electron chi connectivity index (χ2n) is 6.19. The quantitative estimate of drug-likeness (QED) is 0.931. The van der Waals surface area contributed by atoms with Crippen LogP contribution in [0.2, 0.25) is 0 Å². The fourth-order valence-corrected chi connectivity index (χ4v) is 2.81. The number of hydrogen-bond acceptors (Lipinski definition) is 5. The van der Waals surface area contributed by atoms with Gasteiger partial charge in [0, 0.05) is 50.3 Å². The number of aromatic nitrogens is 2. The van der Waals surface area contributed by atoms with E-state index in [0.29, 0.717) is 5.69 Å². The molecule has 1 N–H and O–H groups in total. The van der Waals surface area contributed by atoms with Crippen LogP contribution in [0.15, 0.2) is 42.7 Å². The van der Waals surface area contributed by atoms with Crippen molar-refractivity contribution in [2.45, 2.75) is 19.9 Å². The molecule has 0 bridgehead atoms. The maximum absolute atomic E-state index is 12.1. The summed E-state index contributed by atoms with van der Waals surface area (Å²) in [6.07, 6.45) is 3.53. The van der Waals surface area contributed by atoms with Gasteiger partial charge < -0.3 is 15.1 Å². The largest absolute Gasteiger partial charge is 0.368 e. The number of nitrogens with one attached hydrogen (secondary N) is 1. The predicted molar refractivity (Wildman–Crippen MR) is 95.5 cm³/mol. The molecular formula is C18H23N5O. The minimum Gasteiger partial charge on any atom is -0.368 e. The first-order valence-corrected chi connectivity index (χ1v) is 8.31. The number of hydrogen-bond donors (Lipinski definition) is 1. The lowest BCUT2D eigenvalue weighted by Crippen LogP contribution is -2.46. The average Bonchev–Trinajstić information content (AvgIpc) is 2.62. The zero-order chi connectivity index (χ0) is 16.9. The molecule has 0 atom stereocenters. The van der Waals surface area contributed by atoms with Gasteiger partial charge in [-0.3, -0.25) is 9.78 Å². The Morgan fingerprint density at radius 2 is 1.79 bits per heavy atom. The number of anilines is 2. The Labute approximate surface area is 142 Å².